The molecule has 136 valence electrons. The van der Waals surface area contributed by atoms with E-state index in [1.807, 2.05) is 0 Å². The van der Waals surface area contributed by atoms with E-state index in [0.29, 0.717) is 11.6 Å². The highest BCUT2D eigenvalue weighted by atomic mass is 79.9. The lowest BCUT2D eigenvalue weighted by molar-refractivity contribution is -0.137. The third-order valence-corrected chi connectivity index (χ3v) is 5.32. The van der Waals surface area contributed by atoms with Crippen molar-refractivity contribution in [1.29, 1.82) is 0 Å². The number of hydrogen-bond donors (Lipinski definition) is 2. The molecule has 0 saturated carbocycles. The molecule has 0 atom stereocenters. The van der Waals surface area contributed by atoms with Crippen LogP contribution < -0.4 is 10.5 Å². The molecule has 2 aromatic rings. The summed E-state index contributed by atoms with van der Waals surface area (Å²) in [7, 11) is -3.98. The molecule has 0 aliphatic heterocycles. The molecule has 0 bridgehead atoms. The van der Waals surface area contributed by atoms with E-state index < -0.39 is 27.6 Å². The van der Waals surface area contributed by atoms with Crippen LogP contribution in [-0.4, -0.2) is 8.42 Å². The second-order valence-electron chi connectivity index (χ2n) is 5.18. The van der Waals surface area contributed by atoms with Gasteiger partial charge in [-0.3, -0.25) is 0 Å². The van der Waals surface area contributed by atoms with Crippen LogP contribution in [0, 0.1) is 5.82 Å². The molecule has 0 amide bonds. The van der Waals surface area contributed by atoms with Crippen LogP contribution in [0.3, 0.4) is 0 Å². The molecule has 10 heteroatoms. The zero-order chi connectivity index (χ0) is 18.8. The minimum absolute atomic E-state index is 0.0279. The Morgan fingerprint density at radius 3 is 2.28 bits per heavy atom. The van der Waals surface area contributed by atoms with E-state index in [0.717, 1.165) is 12.1 Å². The first-order chi connectivity index (χ1) is 11.5. The van der Waals surface area contributed by atoms with Crippen molar-refractivity contribution in [2.45, 2.75) is 24.2 Å². The molecule has 0 radical (unpaired) electrons. The van der Waals surface area contributed by atoms with Crippen LogP contribution >= 0.6 is 15.9 Å². The molecule has 3 N–H and O–H groups in total. The molecule has 2 rings (SSSR count). The van der Waals surface area contributed by atoms with Gasteiger partial charge in [0.15, 0.2) is 0 Å². The molecule has 0 unspecified atom stereocenters. The molecule has 0 heterocycles. The summed E-state index contributed by atoms with van der Waals surface area (Å²) in [6.45, 7) is -0.0494. The van der Waals surface area contributed by atoms with Crippen molar-refractivity contribution in [3.8, 4) is 0 Å². The van der Waals surface area contributed by atoms with E-state index in [2.05, 4.69) is 21.2 Å². The topological polar surface area (TPSA) is 72.2 Å². The van der Waals surface area contributed by atoms with E-state index >= 15 is 0 Å². The van der Waals surface area contributed by atoms with Crippen molar-refractivity contribution in [2.75, 3.05) is 0 Å². The fraction of sp³-hybridized carbons (Fsp3) is 0.200. The molecular formula is C15H13BrF4N2O2S. The Bertz CT molecular complexity index is 886. The Kier molecular flexibility index (Phi) is 5.87. The van der Waals surface area contributed by atoms with Gasteiger partial charge in [-0.15, -0.1) is 0 Å². The summed E-state index contributed by atoms with van der Waals surface area (Å²) < 4.78 is 74.9. The highest BCUT2D eigenvalue weighted by Crippen LogP contribution is 2.30. The molecule has 4 nitrogen and oxygen atoms in total. The minimum atomic E-state index is -4.62. The number of nitrogens with one attached hydrogen (secondary N) is 1. The number of benzene rings is 2. The number of hydrogen-bond acceptors (Lipinski definition) is 3. The average Bonchev–Trinajstić information content (AvgIpc) is 2.46. The summed E-state index contributed by atoms with van der Waals surface area (Å²) in [5.41, 5.74) is -0.693. The molecular weight excluding hydrogens is 428 g/mol. The molecule has 0 aliphatic carbocycles. The fourth-order valence-electron chi connectivity index (χ4n) is 2.21. The maximum absolute atomic E-state index is 13.8. The molecule has 0 saturated heterocycles. The van der Waals surface area contributed by atoms with E-state index in [9.17, 15) is 26.0 Å². The van der Waals surface area contributed by atoms with Crippen LogP contribution in [0.5, 0.6) is 0 Å². The fourth-order valence-corrected chi connectivity index (χ4v) is 4.14. The second-order valence-corrected chi connectivity index (χ2v) is 7.53. The van der Waals surface area contributed by atoms with E-state index in [4.69, 9.17) is 5.14 Å². The Labute approximate surface area is 150 Å². The molecule has 0 aliphatic rings. The van der Waals surface area contributed by atoms with Crippen LogP contribution in [0.15, 0.2) is 45.8 Å². The number of sulfonamides is 1. The maximum Gasteiger partial charge on any atom is 0.416 e. The first-order valence-corrected chi connectivity index (χ1v) is 9.20. The van der Waals surface area contributed by atoms with Gasteiger partial charge in [0.05, 0.1) is 5.56 Å². The first-order valence-electron chi connectivity index (χ1n) is 6.86. The largest absolute Gasteiger partial charge is 0.416 e. The quantitative estimate of drug-likeness (QED) is 0.698. The van der Waals surface area contributed by atoms with Gasteiger partial charge in [0.2, 0.25) is 10.0 Å². The summed E-state index contributed by atoms with van der Waals surface area (Å²) >= 11 is 3.10. The SMILES string of the molecule is NS(=O)(=O)c1c(Br)cccc1CNCc1ccc(C(F)(F)F)cc1F. The van der Waals surface area contributed by atoms with Crippen LogP contribution in [0.1, 0.15) is 16.7 Å². The van der Waals surface area contributed by atoms with E-state index in [-0.39, 0.29) is 28.0 Å². The normalized spacial score (nSPS) is 12.4. The lowest BCUT2D eigenvalue weighted by Gasteiger charge is -2.12. The van der Waals surface area contributed by atoms with Crippen molar-refractivity contribution >= 4 is 26.0 Å². The van der Waals surface area contributed by atoms with Crippen molar-refractivity contribution < 1.29 is 26.0 Å². The molecule has 2 aromatic carbocycles. The van der Waals surface area contributed by atoms with Gasteiger partial charge in [-0.25, -0.2) is 17.9 Å². The van der Waals surface area contributed by atoms with Gasteiger partial charge in [-0.05, 0) is 39.7 Å². The summed E-state index contributed by atoms with van der Waals surface area (Å²) in [6, 6.07) is 6.89. The number of alkyl halides is 3. The van der Waals surface area contributed by atoms with Gasteiger partial charge < -0.3 is 5.32 Å². The van der Waals surface area contributed by atoms with E-state index in [1.165, 1.54) is 12.1 Å². The minimum Gasteiger partial charge on any atom is -0.308 e. The van der Waals surface area contributed by atoms with Crippen molar-refractivity contribution in [2.24, 2.45) is 5.14 Å². The van der Waals surface area contributed by atoms with Crippen molar-refractivity contribution in [1.82, 2.24) is 5.32 Å². The van der Waals surface area contributed by atoms with Crippen LogP contribution in [-0.2, 0) is 29.3 Å². The molecule has 0 fully saturated rings. The van der Waals surface area contributed by atoms with Gasteiger partial charge in [-0.1, -0.05) is 18.2 Å². The van der Waals surface area contributed by atoms with E-state index in [1.54, 1.807) is 6.07 Å². The highest BCUT2D eigenvalue weighted by molar-refractivity contribution is 9.10. The summed E-state index contributed by atoms with van der Waals surface area (Å²) in [5.74, 6) is -0.997. The monoisotopic (exact) mass is 440 g/mol. The van der Waals surface area contributed by atoms with Crippen molar-refractivity contribution in [3.05, 3.63) is 63.4 Å². The lowest BCUT2D eigenvalue weighted by atomic mass is 10.1. The summed E-state index contributed by atoms with van der Waals surface area (Å²) in [5, 5.41) is 7.97. The van der Waals surface area contributed by atoms with Gasteiger partial charge in [0.25, 0.3) is 0 Å². The zero-order valence-corrected chi connectivity index (χ0v) is 15.0. The molecule has 0 spiro atoms. The van der Waals surface area contributed by atoms with Gasteiger partial charge in [0, 0.05) is 23.1 Å². The Hall–Kier alpha value is -1.49. The Balaban J connectivity index is 2.14. The number of nitrogens with two attached hydrogens (primary N) is 1. The third kappa shape index (κ3) is 5.00. The predicted octanol–water partition coefficient (Wildman–Crippen LogP) is 3.54. The molecule has 25 heavy (non-hydrogen) atoms. The summed E-state index contributed by atoms with van der Waals surface area (Å²) in [6.07, 6.45) is -4.62. The lowest BCUT2D eigenvalue weighted by Crippen LogP contribution is -2.20. The summed E-state index contributed by atoms with van der Waals surface area (Å²) in [4.78, 5) is -0.101. The van der Waals surface area contributed by atoms with Crippen LogP contribution in [0.4, 0.5) is 17.6 Å². The Morgan fingerprint density at radius 1 is 1.08 bits per heavy atom. The van der Waals surface area contributed by atoms with Crippen LogP contribution in [0.25, 0.3) is 0 Å². The number of rotatable bonds is 5. The predicted molar refractivity (Wildman–Crippen MR) is 87.5 cm³/mol. The maximum atomic E-state index is 13.8. The van der Waals surface area contributed by atoms with Gasteiger partial charge in [-0.2, -0.15) is 13.2 Å². The standard InChI is InChI=1S/C15H13BrF4N2O2S/c16-12-3-1-2-10(14(12)25(21,23)24)8-22-7-9-4-5-11(6-13(9)17)15(18,19)20/h1-6,22H,7-8H2,(H2,21,23,24). The molecule has 0 aromatic heterocycles. The van der Waals surface area contributed by atoms with Crippen molar-refractivity contribution in [3.63, 3.8) is 0 Å². The second kappa shape index (κ2) is 7.40. The number of halogens is 5. The zero-order valence-electron chi connectivity index (χ0n) is 12.6. The number of primary sulfonamides is 1. The average molecular weight is 441 g/mol. The Morgan fingerprint density at radius 2 is 1.72 bits per heavy atom. The first kappa shape index (κ1) is 19.8. The van der Waals surface area contributed by atoms with Gasteiger partial charge >= 0.3 is 6.18 Å². The highest BCUT2D eigenvalue weighted by Gasteiger charge is 2.31. The van der Waals surface area contributed by atoms with Crippen LogP contribution in [0.2, 0.25) is 0 Å². The third-order valence-electron chi connectivity index (χ3n) is 3.34. The smallest absolute Gasteiger partial charge is 0.308 e. The van der Waals surface area contributed by atoms with Gasteiger partial charge in [0.1, 0.15) is 10.7 Å².